The highest BCUT2D eigenvalue weighted by molar-refractivity contribution is 5.98. The average Bonchev–Trinajstić information content (AvgIpc) is 2.50. The molecule has 3 N–H and O–H groups in total. The molecule has 1 saturated heterocycles. The fourth-order valence-corrected chi connectivity index (χ4v) is 2.49. The van der Waals surface area contributed by atoms with E-state index in [0.29, 0.717) is 18.5 Å². The molecule has 2 rings (SSSR count). The Labute approximate surface area is 119 Å². The van der Waals surface area contributed by atoms with Crippen molar-refractivity contribution in [1.82, 2.24) is 5.32 Å². The van der Waals surface area contributed by atoms with Gasteiger partial charge in [0.1, 0.15) is 11.4 Å². The molecule has 0 radical (unpaired) electrons. The van der Waals surface area contributed by atoms with Gasteiger partial charge in [-0.25, -0.2) is 0 Å². The monoisotopic (exact) mass is 278 g/mol. The van der Waals surface area contributed by atoms with Crippen LogP contribution < -0.4 is 10.6 Å². The van der Waals surface area contributed by atoms with E-state index in [-0.39, 0.29) is 11.7 Å². The summed E-state index contributed by atoms with van der Waals surface area (Å²) in [6, 6.07) is 5.26. The third kappa shape index (κ3) is 2.94. The third-order valence-corrected chi connectivity index (χ3v) is 3.93. The Bertz CT molecular complexity index is 482. The molecule has 5 nitrogen and oxygen atoms in total. The van der Waals surface area contributed by atoms with E-state index >= 15 is 0 Å². The van der Waals surface area contributed by atoms with E-state index in [0.717, 1.165) is 25.1 Å². The van der Waals surface area contributed by atoms with Crippen molar-refractivity contribution in [3.8, 4) is 5.75 Å². The Morgan fingerprint density at radius 2 is 2.15 bits per heavy atom. The summed E-state index contributed by atoms with van der Waals surface area (Å²) in [5.74, 6) is -0.110. The van der Waals surface area contributed by atoms with Crippen LogP contribution in [0.4, 0.5) is 5.69 Å². The van der Waals surface area contributed by atoms with Gasteiger partial charge in [-0.1, -0.05) is 13.0 Å². The highest BCUT2D eigenvalue weighted by Gasteiger charge is 2.39. The lowest BCUT2D eigenvalue weighted by Gasteiger charge is -2.34. The number of carbonyl (C=O) groups is 1. The van der Waals surface area contributed by atoms with E-state index in [4.69, 9.17) is 4.74 Å². The van der Waals surface area contributed by atoms with Crippen LogP contribution >= 0.6 is 0 Å². The predicted octanol–water partition coefficient (Wildman–Crippen LogP) is 1.66. The summed E-state index contributed by atoms with van der Waals surface area (Å²) in [5.41, 5.74) is 0.707. The van der Waals surface area contributed by atoms with Gasteiger partial charge in [0, 0.05) is 7.11 Å². The lowest BCUT2D eigenvalue weighted by Crippen LogP contribution is -2.51. The van der Waals surface area contributed by atoms with Gasteiger partial charge in [0.15, 0.2) is 0 Å². The van der Waals surface area contributed by atoms with E-state index in [9.17, 15) is 9.90 Å². The number of benzene rings is 1. The maximum atomic E-state index is 12.5. The Kier molecular flexibility index (Phi) is 4.62. The molecule has 5 heteroatoms. The van der Waals surface area contributed by atoms with Crippen molar-refractivity contribution in [3.63, 3.8) is 0 Å². The molecule has 0 aliphatic carbocycles. The second kappa shape index (κ2) is 6.24. The number of phenols is 1. The number of rotatable bonds is 4. The minimum absolute atomic E-state index is 0.0794. The van der Waals surface area contributed by atoms with Crippen molar-refractivity contribution in [1.29, 1.82) is 0 Å². The predicted molar refractivity (Wildman–Crippen MR) is 78.0 cm³/mol. The molecule has 1 aliphatic rings. The van der Waals surface area contributed by atoms with E-state index in [1.165, 1.54) is 0 Å². The van der Waals surface area contributed by atoms with Gasteiger partial charge in [0.05, 0.1) is 5.69 Å². The first-order valence-corrected chi connectivity index (χ1v) is 7.00. The zero-order valence-corrected chi connectivity index (χ0v) is 12.0. The van der Waals surface area contributed by atoms with E-state index < -0.39 is 5.60 Å². The fourth-order valence-electron chi connectivity index (χ4n) is 2.49. The highest BCUT2D eigenvalue weighted by atomic mass is 16.5. The summed E-state index contributed by atoms with van der Waals surface area (Å²) in [4.78, 5) is 12.5. The number of piperidine rings is 1. The van der Waals surface area contributed by atoms with Crippen molar-refractivity contribution >= 4 is 11.6 Å². The minimum atomic E-state index is -0.806. The van der Waals surface area contributed by atoms with Crippen LogP contribution in [-0.2, 0) is 16.0 Å². The average molecular weight is 278 g/mol. The topological polar surface area (TPSA) is 70.6 Å². The van der Waals surface area contributed by atoms with E-state index in [2.05, 4.69) is 10.6 Å². The van der Waals surface area contributed by atoms with Gasteiger partial charge in [-0.15, -0.1) is 0 Å². The third-order valence-electron chi connectivity index (χ3n) is 3.93. The van der Waals surface area contributed by atoms with Crippen LogP contribution in [0, 0.1) is 0 Å². The first kappa shape index (κ1) is 14.8. The summed E-state index contributed by atoms with van der Waals surface area (Å²) in [6.45, 7) is 3.53. The molecule has 1 aliphatic heterocycles. The van der Waals surface area contributed by atoms with Crippen molar-refractivity contribution in [2.24, 2.45) is 0 Å². The van der Waals surface area contributed by atoms with Gasteiger partial charge in [-0.05, 0) is 50.0 Å². The molecule has 0 aromatic heterocycles. The summed E-state index contributed by atoms with van der Waals surface area (Å²) in [6.07, 6.45) is 2.11. The molecule has 20 heavy (non-hydrogen) atoms. The van der Waals surface area contributed by atoms with E-state index in [1.54, 1.807) is 19.2 Å². The number of aryl methyl sites for hydroxylation is 1. The summed E-state index contributed by atoms with van der Waals surface area (Å²) in [5, 5.41) is 15.9. The van der Waals surface area contributed by atoms with Crippen molar-refractivity contribution in [2.75, 3.05) is 25.5 Å². The van der Waals surface area contributed by atoms with Crippen LogP contribution in [0.5, 0.6) is 5.75 Å². The molecule has 1 aromatic rings. The van der Waals surface area contributed by atoms with Gasteiger partial charge >= 0.3 is 0 Å². The second-order valence-corrected chi connectivity index (χ2v) is 5.11. The number of anilines is 1. The molecule has 0 unspecified atom stereocenters. The van der Waals surface area contributed by atoms with Gasteiger partial charge in [-0.3, -0.25) is 4.79 Å². The van der Waals surface area contributed by atoms with Crippen LogP contribution in [0.3, 0.4) is 0 Å². The lowest BCUT2D eigenvalue weighted by molar-refractivity contribution is -0.140. The first-order valence-electron chi connectivity index (χ1n) is 7.00. The van der Waals surface area contributed by atoms with Crippen LogP contribution in [0.15, 0.2) is 18.2 Å². The van der Waals surface area contributed by atoms with Crippen molar-refractivity contribution in [3.05, 3.63) is 23.8 Å². The van der Waals surface area contributed by atoms with Crippen molar-refractivity contribution in [2.45, 2.75) is 31.8 Å². The first-order chi connectivity index (χ1) is 9.61. The molecule has 1 aromatic carbocycles. The standard InChI is InChI=1S/C15H22N2O3/c1-3-11-4-5-13(18)12(10-11)17-14(19)15(20-2)6-8-16-9-7-15/h4-5,10,16,18H,3,6-9H2,1-2H3,(H,17,19). The Balaban J connectivity index is 2.18. The second-order valence-electron chi connectivity index (χ2n) is 5.11. The molecule has 0 spiro atoms. The number of aromatic hydroxyl groups is 1. The Hall–Kier alpha value is -1.59. The largest absolute Gasteiger partial charge is 0.506 e. The molecule has 0 saturated carbocycles. The molecule has 1 heterocycles. The maximum absolute atomic E-state index is 12.5. The molecular formula is C15H22N2O3. The van der Waals surface area contributed by atoms with Crippen LogP contribution in [0.2, 0.25) is 0 Å². The highest BCUT2D eigenvalue weighted by Crippen LogP contribution is 2.29. The number of amides is 1. The normalized spacial score (nSPS) is 17.7. The summed E-state index contributed by atoms with van der Waals surface area (Å²) < 4.78 is 5.48. The van der Waals surface area contributed by atoms with Crippen LogP contribution in [0.1, 0.15) is 25.3 Å². The maximum Gasteiger partial charge on any atom is 0.256 e. The van der Waals surface area contributed by atoms with Gasteiger partial charge in [0.2, 0.25) is 0 Å². The summed E-state index contributed by atoms with van der Waals surface area (Å²) >= 11 is 0. The van der Waals surface area contributed by atoms with E-state index in [1.807, 2.05) is 13.0 Å². The van der Waals surface area contributed by atoms with Crippen molar-refractivity contribution < 1.29 is 14.6 Å². The SMILES string of the molecule is CCc1ccc(O)c(NC(=O)C2(OC)CCNCC2)c1. The molecule has 1 fully saturated rings. The number of hydrogen-bond donors (Lipinski definition) is 3. The van der Waals surface area contributed by atoms with Gasteiger partial charge in [0.25, 0.3) is 5.91 Å². The zero-order valence-electron chi connectivity index (χ0n) is 12.0. The molecular weight excluding hydrogens is 256 g/mol. The van der Waals surface area contributed by atoms with Gasteiger partial charge < -0.3 is 20.5 Å². The number of methoxy groups -OCH3 is 1. The molecule has 110 valence electrons. The Morgan fingerprint density at radius 3 is 2.75 bits per heavy atom. The fraction of sp³-hybridized carbons (Fsp3) is 0.533. The zero-order chi connectivity index (χ0) is 14.6. The van der Waals surface area contributed by atoms with Crippen LogP contribution in [-0.4, -0.2) is 36.8 Å². The Morgan fingerprint density at radius 1 is 1.45 bits per heavy atom. The summed E-state index contributed by atoms with van der Waals surface area (Å²) in [7, 11) is 1.56. The molecule has 1 amide bonds. The minimum Gasteiger partial charge on any atom is -0.506 e. The lowest BCUT2D eigenvalue weighted by atomic mass is 9.91. The quantitative estimate of drug-likeness (QED) is 0.733. The van der Waals surface area contributed by atoms with Crippen LogP contribution in [0.25, 0.3) is 0 Å². The molecule has 0 bridgehead atoms. The smallest absolute Gasteiger partial charge is 0.256 e. The number of ether oxygens (including phenoxy) is 1. The number of carbonyl (C=O) groups excluding carboxylic acids is 1. The number of hydrogen-bond acceptors (Lipinski definition) is 4. The molecule has 0 atom stereocenters. The number of nitrogens with one attached hydrogen (secondary N) is 2. The number of phenolic OH excluding ortho intramolecular Hbond substituents is 1. The van der Waals surface area contributed by atoms with Gasteiger partial charge in [-0.2, -0.15) is 0 Å².